The van der Waals surface area contributed by atoms with E-state index in [-0.39, 0.29) is 11.0 Å². The molecule has 0 unspecified atom stereocenters. The van der Waals surface area contributed by atoms with E-state index in [1.54, 1.807) is 7.11 Å². The summed E-state index contributed by atoms with van der Waals surface area (Å²) in [7, 11) is 1.59. The number of nitrogens with one attached hydrogen (secondary N) is 2. The Balaban J connectivity index is 1.64. The number of benzene rings is 2. The maximum atomic E-state index is 12.6. The lowest BCUT2D eigenvalue weighted by Crippen LogP contribution is -2.33. The first-order chi connectivity index (χ1) is 13.9. The zero-order valence-electron chi connectivity index (χ0n) is 16.2. The van der Waals surface area contributed by atoms with Gasteiger partial charge in [-0.15, -0.1) is 11.3 Å². The van der Waals surface area contributed by atoms with Gasteiger partial charge >= 0.3 is 0 Å². The smallest absolute Gasteiger partial charge is 0.269 e. The molecule has 1 aromatic heterocycles. The van der Waals surface area contributed by atoms with Crippen LogP contribution in [0.4, 0.5) is 5.69 Å². The van der Waals surface area contributed by atoms with Gasteiger partial charge in [0.05, 0.1) is 18.7 Å². The lowest BCUT2D eigenvalue weighted by atomic mass is 10.2. The molecule has 8 heteroatoms. The van der Waals surface area contributed by atoms with Gasteiger partial charge in [-0.1, -0.05) is 25.4 Å². The fourth-order valence-corrected chi connectivity index (χ4v) is 4.19. The van der Waals surface area contributed by atoms with Crippen LogP contribution in [0.15, 0.2) is 42.5 Å². The molecule has 0 saturated heterocycles. The zero-order valence-corrected chi connectivity index (χ0v) is 18.6. The number of carbonyl (C=O) groups is 1. The van der Waals surface area contributed by atoms with E-state index in [2.05, 4.69) is 24.5 Å². The number of amides is 1. The molecule has 0 bridgehead atoms. The summed E-state index contributed by atoms with van der Waals surface area (Å²) in [6.07, 6.45) is 0. The number of halogens is 1. The molecule has 3 rings (SSSR count). The van der Waals surface area contributed by atoms with Crippen LogP contribution in [-0.2, 0) is 0 Å². The summed E-state index contributed by atoms with van der Waals surface area (Å²) in [5, 5.41) is 7.06. The maximum absolute atomic E-state index is 12.6. The predicted octanol–water partition coefficient (Wildman–Crippen LogP) is 5.72. The van der Waals surface area contributed by atoms with Crippen LogP contribution in [0.2, 0.25) is 5.02 Å². The maximum Gasteiger partial charge on any atom is 0.269 e. The van der Waals surface area contributed by atoms with E-state index in [1.165, 1.54) is 11.3 Å². The number of hydrogen-bond donors (Lipinski definition) is 2. The summed E-state index contributed by atoms with van der Waals surface area (Å²) in [6, 6.07) is 12.9. The number of hydrogen-bond acceptors (Lipinski definition) is 5. The molecule has 2 N–H and O–H groups in total. The highest BCUT2D eigenvalue weighted by Crippen LogP contribution is 2.37. The molecule has 2 aromatic carbocycles. The summed E-state index contributed by atoms with van der Waals surface area (Å²) in [5.74, 6) is 1.59. The van der Waals surface area contributed by atoms with Gasteiger partial charge in [0.1, 0.15) is 16.4 Å². The molecule has 1 heterocycles. The molecular formula is C21H21ClN2O3S2. The Labute approximate surface area is 184 Å². The van der Waals surface area contributed by atoms with Crippen molar-refractivity contribution in [3.8, 4) is 11.5 Å². The normalized spacial score (nSPS) is 10.8. The van der Waals surface area contributed by atoms with E-state index in [0.29, 0.717) is 28.2 Å². The summed E-state index contributed by atoms with van der Waals surface area (Å²) in [4.78, 5) is 13.0. The van der Waals surface area contributed by atoms with Crippen LogP contribution in [0.3, 0.4) is 0 Å². The molecule has 0 aliphatic rings. The van der Waals surface area contributed by atoms with Gasteiger partial charge in [-0.25, -0.2) is 0 Å². The van der Waals surface area contributed by atoms with Gasteiger partial charge in [-0.05, 0) is 60.6 Å². The Bertz CT molecular complexity index is 1030. The van der Waals surface area contributed by atoms with Crippen LogP contribution in [0.25, 0.3) is 10.1 Å². The average molecular weight is 449 g/mol. The Hall–Kier alpha value is -2.35. The molecule has 0 fully saturated rings. The molecule has 5 nitrogen and oxygen atoms in total. The summed E-state index contributed by atoms with van der Waals surface area (Å²) in [5.41, 5.74) is 0.749. The number of thiophene rings is 1. The Morgan fingerprint density at radius 2 is 1.86 bits per heavy atom. The molecule has 0 aliphatic carbocycles. The first-order valence-corrected chi connectivity index (χ1v) is 10.6. The van der Waals surface area contributed by atoms with Crippen molar-refractivity contribution in [3.05, 3.63) is 52.4 Å². The SMILES string of the molecule is COc1ccc2c(Cl)c(C(=O)NC(=S)Nc3ccc(OCC(C)C)cc3)sc2c1. The number of anilines is 1. The predicted molar refractivity (Wildman–Crippen MR) is 124 cm³/mol. The van der Waals surface area contributed by atoms with Crippen molar-refractivity contribution in [2.75, 3.05) is 19.0 Å². The Morgan fingerprint density at radius 1 is 1.17 bits per heavy atom. The van der Waals surface area contributed by atoms with Crippen LogP contribution in [-0.4, -0.2) is 24.7 Å². The van der Waals surface area contributed by atoms with Gasteiger partial charge in [0.2, 0.25) is 0 Å². The number of carbonyl (C=O) groups excluding carboxylic acids is 1. The van der Waals surface area contributed by atoms with E-state index < -0.39 is 0 Å². The van der Waals surface area contributed by atoms with E-state index >= 15 is 0 Å². The monoisotopic (exact) mass is 448 g/mol. The standard InChI is InChI=1S/C21H21ClN2O3S2/c1-12(2)11-27-14-6-4-13(5-7-14)23-21(28)24-20(25)19-18(22)16-9-8-15(26-3)10-17(16)29-19/h4-10,12H,11H2,1-3H3,(H2,23,24,25,28). The minimum Gasteiger partial charge on any atom is -0.497 e. The second kappa shape index (κ2) is 9.43. The molecule has 0 spiro atoms. The van der Waals surface area contributed by atoms with E-state index in [9.17, 15) is 4.79 Å². The summed E-state index contributed by atoms with van der Waals surface area (Å²) >= 11 is 12.9. The van der Waals surface area contributed by atoms with Crippen LogP contribution in [0.5, 0.6) is 11.5 Å². The number of methoxy groups -OCH3 is 1. The number of thiocarbonyl (C=S) groups is 1. The first-order valence-electron chi connectivity index (χ1n) is 8.98. The molecule has 1 amide bonds. The molecule has 152 valence electrons. The topological polar surface area (TPSA) is 59.6 Å². The van der Waals surface area contributed by atoms with Gasteiger partial charge in [0, 0.05) is 15.8 Å². The highest BCUT2D eigenvalue weighted by molar-refractivity contribution is 7.80. The Kier molecular flexibility index (Phi) is 6.95. The largest absolute Gasteiger partial charge is 0.497 e. The van der Waals surface area contributed by atoms with Crippen LogP contribution < -0.4 is 20.1 Å². The van der Waals surface area contributed by atoms with Crippen molar-refractivity contribution in [2.24, 2.45) is 5.92 Å². The third-order valence-electron chi connectivity index (χ3n) is 3.97. The van der Waals surface area contributed by atoms with Crippen LogP contribution in [0, 0.1) is 5.92 Å². The first kappa shape index (κ1) is 21.4. The van der Waals surface area contributed by atoms with Crippen LogP contribution >= 0.6 is 35.2 Å². The Morgan fingerprint density at radius 3 is 2.52 bits per heavy atom. The molecule has 0 saturated carbocycles. The van der Waals surface area contributed by atoms with Gasteiger partial charge in [-0.3, -0.25) is 10.1 Å². The van der Waals surface area contributed by atoms with E-state index in [0.717, 1.165) is 21.5 Å². The highest BCUT2D eigenvalue weighted by atomic mass is 35.5. The van der Waals surface area contributed by atoms with Crippen molar-refractivity contribution < 1.29 is 14.3 Å². The zero-order chi connectivity index (χ0) is 21.0. The fraction of sp³-hybridized carbons (Fsp3) is 0.238. The van der Waals surface area contributed by atoms with Crippen molar-refractivity contribution in [2.45, 2.75) is 13.8 Å². The van der Waals surface area contributed by atoms with E-state index in [1.807, 2.05) is 42.5 Å². The van der Waals surface area contributed by atoms with Gasteiger partial charge in [0.25, 0.3) is 5.91 Å². The van der Waals surface area contributed by atoms with Crippen molar-refractivity contribution >= 4 is 61.9 Å². The van der Waals surface area contributed by atoms with Crippen LogP contribution in [0.1, 0.15) is 23.5 Å². The number of rotatable bonds is 6. The van der Waals surface area contributed by atoms with Crippen molar-refractivity contribution in [3.63, 3.8) is 0 Å². The molecule has 3 aromatic rings. The quantitative estimate of drug-likeness (QED) is 0.472. The summed E-state index contributed by atoms with van der Waals surface area (Å²) < 4.78 is 11.7. The number of ether oxygens (including phenoxy) is 2. The molecule has 0 aliphatic heterocycles. The fourth-order valence-electron chi connectivity index (χ4n) is 2.54. The minimum absolute atomic E-state index is 0.192. The highest BCUT2D eigenvalue weighted by Gasteiger charge is 2.18. The lowest BCUT2D eigenvalue weighted by Gasteiger charge is -2.11. The van der Waals surface area contributed by atoms with Crippen molar-refractivity contribution in [1.82, 2.24) is 5.32 Å². The van der Waals surface area contributed by atoms with Gasteiger partial charge < -0.3 is 14.8 Å². The van der Waals surface area contributed by atoms with Gasteiger partial charge in [0.15, 0.2) is 5.11 Å². The van der Waals surface area contributed by atoms with E-state index in [4.69, 9.17) is 33.3 Å². The molecular weight excluding hydrogens is 428 g/mol. The third-order valence-corrected chi connectivity index (χ3v) is 5.83. The van der Waals surface area contributed by atoms with Crippen molar-refractivity contribution in [1.29, 1.82) is 0 Å². The second-order valence-electron chi connectivity index (χ2n) is 6.74. The number of fused-ring (bicyclic) bond motifs is 1. The summed E-state index contributed by atoms with van der Waals surface area (Å²) in [6.45, 7) is 4.84. The molecule has 0 atom stereocenters. The lowest BCUT2D eigenvalue weighted by molar-refractivity contribution is 0.0982. The minimum atomic E-state index is -0.357. The molecule has 0 radical (unpaired) electrons. The third kappa shape index (κ3) is 5.38. The van der Waals surface area contributed by atoms with Gasteiger partial charge in [-0.2, -0.15) is 0 Å². The average Bonchev–Trinajstić information content (AvgIpc) is 3.03. The molecule has 29 heavy (non-hydrogen) atoms. The second-order valence-corrected chi connectivity index (χ2v) is 8.58.